The molecule has 0 fully saturated rings. The number of carbonyl (C=O) groups excluding carboxylic acids is 1. The SMILES string of the molecule is CNC(=O)COc1c(C)cccc1C(=O)O. The summed E-state index contributed by atoms with van der Waals surface area (Å²) in [6, 6.07) is 4.80. The molecule has 0 aliphatic rings. The smallest absolute Gasteiger partial charge is 0.339 e. The molecule has 86 valence electrons. The van der Waals surface area contributed by atoms with Crippen LogP contribution in [-0.2, 0) is 4.79 Å². The number of carboxylic acid groups (broad SMARTS) is 1. The Morgan fingerprint density at radius 3 is 2.69 bits per heavy atom. The number of likely N-dealkylation sites (N-methyl/N-ethyl adjacent to an activating group) is 1. The second kappa shape index (κ2) is 5.16. The first-order chi connectivity index (χ1) is 7.56. The van der Waals surface area contributed by atoms with E-state index in [-0.39, 0.29) is 23.8 Å². The Balaban J connectivity index is 2.93. The van der Waals surface area contributed by atoms with Crippen LogP contribution in [0.1, 0.15) is 15.9 Å². The van der Waals surface area contributed by atoms with E-state index >= 15 is 0 Å². The lowest BCUT2D eigenvalue weighted by Gasteiger charge is -2.10. The lowest BCUT2D eigenvalue weighted by molar-refractivity contribution is -0.122. The predicted molar refractivity (Wildman–Crippen MR) is 57.7 cm³/mol. The second-order valence-electron chi connectivity index (χ2n) is 3.22. The lowest BCUT2D eigenvalue weighted by atomic mass is 10.1. The topological polar surface area (TPSA) is 75.6 Å². The summed E-state index contributed by atoms with van der Waals surface area (Å²) in [5.41, 5.74) is 0.743. The van der Waals surface area contributed by atoms with Gasteiger partial charge in [-0.05, 0) is 18.6 Å². The van der Waals surface area contributed by atoms with E-state index in [9.17, 15) is 9.59 Å². The molecule has 0 unspecified atom stereocenters. The van der Waals surface area contributed by atoms with Gasteiger partial charge >= 0.3 is 5.97 Å². The first-order valence-electron chi connectivity index (χ1n) is 4.72. The first kappa shape index (κ1) is 12.0. The van der Waals surface area contributed by atoms with Crippen molar-refractivity contribution in [1.29, 1.82) is 0 Å². The summed E-state index contributed by atoms with van der Waals surface area (Å²) < 4.78 is 5.19. The summed E-state index contributed by atoms with van der Waals surface area (Å²) in [6.45, 7) is 1.53. The van der Waals surface area contributed by atoms with Crippen LogP contribution >= 0.6 is 0 Å². The number of carbonyl (C=O) groups is 2. The van der Waals surface area contributed by atoms with Gasteiger partial charge in [0.15, 0.2) is 6.61 Å². The quantitative estimate of drug-likeness (QED) is 0.792. The van der Waals surface area contributed by atoms with Crippen molar-refractivity contribution in [3.8, 4) is 5.75 Å². The van der Waals surface area contributed by atoms with Gasteiger partial charge < -0.3 is 15.2 Å². The van der Waals surface area contributed by atoms with Gasteiger partial charge in [-0.25, -0.2) is 4.79 Å². The van der Waals surface area contributed by atoms with Crippen LogP contribution in [-0.4, -0.2) is 30.6 Å². The number of para-hydroxylation sites is 1. The Morgan fingerprint density at radius 1 is 1.44 bits per heavy atom. The van der Waals surface area contributed by atoms with Gasteiger partial charge in [-0.3, -0.25) is 4.79 Å². The van der Waals surface area contributed by atoms with E-state index in [1.807, 2.05) is 0 Å². The fourth-order valence-electron chi connectivity index (χ4n) is 1.22. The van der Waals surface area contributed by atoms with Gasteiger partial charge in [-0.1, -0.05) is 12.1 Å². The minimum Gasteiger partial charge on any atom is -0.483 e. The van der Waals surface area contributed by atoms with E-state index in [1.54, 1.807) is 19.1 Å². The summed E-state index contributed by atoms with van der Waals surface area (Å²) in [6.07, 6.45) is 0. The third kappa shape index (κ3) is 2.73. The Bertz CT molecular complexity index is 414. The first-order valence-corrected chi connectivity index (χ1v) is 4.72. The average Bonchev–Trinajstić information content (AvgIpc) is 2.26. The van der Waals surface area contributed by atoms with Crippen LogP contribution in [0.3, 0.4) is 0 Å². The number of carboxylic acids is 1. The molecule has 0 aliphatic heterocycles. The molecule has 0 heterocycles. The van der Waals surface area contributed by atoms with E-state index in [2.05, 4.69) is 5.32 Å². The minimum absolute atomic E-state index is 0.0592. The van der Waals surface area contributed by atoms with Crippen LogP contribution in [0.15, 0.2) is 18.2 Å². The summed E-state index contributed by atoms with van der Waals surface area (Å²) in [4.78, 5) is 21.9. The predicted octanol–water partition coefficient (Wildman–Crippen LogP) is 0.818. The van der Waals surface area contributed by atoms with Crippen molar-refractivity contribution >= 4 is 11.9 Å². The maximum absolute atomic E-state index is 11.0. The van der Waals surface area contributed by atoms with E-state index in [4.69, 9.17) is 9.84 Å². The number of benzene rings is 1. The fraction of sp³-hybridized carbons (Fsp3) is 0.273. The fourth-order valence-corrected chi connectivity index (χ4v) is 1.22. The van der Waals surface area contributed by atoms with Crippen molar-refractivity contribution in [3.05, 3.63) is 29.3 Å². The third-order valence-corrected chi connectivity index (χ3v) is 2.07. The molecule has 2 N–H and O–H groups in total. The number of hydrogen-bond acceptors (Lipinski definition) is 3. The van der Waals surface area contributed by atoms with Gasteiger partial charge in [-0.15, -0.1) is 0 Å². The molecule has 5 heteroatoms. The van der Waals surface area contributed by atoms with E-state index in [0.29, 0.717) is 5.56 Å². The molecule has 0 radical (unpaired) electrons. The molecule has 0 atom stereocenters. The third-order valence-electron chi connectivity index (χ3n) is 2.07. The standard InChI is InChI=1S/C11H13NO4/c1-7-4-3-5-8(11(14)15)10(7)16-6-9(13)12-2/h3-5H,6H2,1-2H3,(H,12,13)(H,14,15). The molecular formula is C11H13NO4. The molecule has 0 spiro atoms. The summed E-state index contributed by atoms with van der Waals surface area (Å²) in [7, 11) is 1.49. The molecule has 0 bridgehead atoms. The number of rotatable bonds is 4. The largest absolute Gasteiger partial charge is 0.483 e. The van der Waals surface area contributed by atoms with Gasteiger partial charge in [0, 0.05) is 7.05 Å². The molecule has 0 saturated carbocycles. The van der Waals surface area contributed by atoms with Gasteiger partial charge in [0.2, 0.25) is 0 Å². The molecule has 1 rings (SSSR count). The van der Waals surface area contributed by atoms with Gasteiger partial charge in [0.05, 0.1) is 0 Å². The zero-order valence-electron chi connectivity index (χ0n) is 9.11. The van der Waals surface area contributed by atoms with Crippen LogP contribution in [0.25, 0.3) is 0 Å². The van der Waals surface area contributed by atoms with E-state index < -0.39 is 5.97 Å². The number of aryl methyl sites for hydroxylation is 1. The monoisotopic (exact) mass is 223 g/mol. The Hall–Kier alpha value is -2.04. The van der Waals surface area contributed by atoms with E-state index in [0.717, 1.165) is 0 Å². The summed E-state index contributed by atoms with van der Waals surface area (Å²) in [5.74, 6) is -1.14. The van der Waals surface area contributed by atoms with Crippen molar-refractivity contribution < 1.29 is 19.4 Å². The molecule has 1 aromatic rings. The Kier molecular flexibility index (Phi) is 3.88. The van der Waals surface area contributed by atoms with Crippen LogP contribution in [0, 0.1) is 6.92 Å². The van der Waals surface area contributed by atoms with Crippen molar-refractivity contribution in [2.45, 2.75) is 6.92 Å². The van der Waals surface area contributed by atoms with Crippen molar-refractivity contribution in [2.24, 2.45) is 0 Å². The molecule has 1 amide bonds. The normalized spacial score (nSPS) is 9.62. The summed E-state index contributed by atoms with van der Waals surface area (Å²) >= 11 is 0. The number of hydrogen-bond donors (Lipinski definition) is 2. The lowest BCUT2D eigenvalue weighted by Crippen LogP contribution is -2.25. The number of nitrogens with one attached hydrogen (secondary N) is 1. The minimum atomic E-state index is -1.07. The molecule has 0 saturated heterocycles. The zero-order chi connectivity index (χ0) is 12.1. The van der Waals surface area contributed by atoms with Crippen LogP contribution < -0.4 is 10.1 Å². The van der Waals surface area contributed by atoms with Crippen LogP contribution in [0.4, 0.5) is 0 Å². The van der Waals surface area contributed by atoms with Gasteiger partial charge in [-0.2, -0.15) is 0 Å². The zero-order valence-corrected chi connectivity index (χ0v) is 9.11. The summed E-state index contributed by atoms with van der Waals surface area (Å²) in [5, 5.41) is 11.3. The van der Waals surface area contributed by atoms with Crippen LogP contribution in [0.5, 0.6) is 5.75 Å². The van der Waals surface area contributed by atoms with Crippen molar-refractivity contribution in [1.82, 2.24) is 5.32 Å². The highest BCUT2D eigenvalue weighted by Crippen LogP contribution is 2.23. The second-order valence-corrected chi connectivity index (χ2v) is 3.22. The molecule has 1 aromatic carbocycles. The Morgan fingerprint density at radius 2 is 2.12 bits per heavy atom. The molecule has 0 aromatic heterocycles. The van der Waals surface area contributed by atoms with Gasteiger partial charge in [0.25, 0.3) is 5.91 Å². The van der Waals surface area contributed by atoms with Gasteiger partial charge in [0.1, 0.15) is 11.3 Å². The highest BCUT2D eigenvalue weighted by atomic mass is 16.5. The number of aromatic carboxylic acids is 1. The number of ether oxygens (including phenoxy) is 1. The van der Waals surface area contributed by atoms with Crippen molar-refractivity contribution in [2.75, 3.05) is 13.7 Å². The maximum Gasteiger partial charge on any atom is 0.339 e. The maximum atomic E-state index is 11.0. The Labute approximate surface area is 93.0 Å². The molecule has 0 aliphatic carbocycles. The average molecular weight is 223 g/mol. The van der Waals surface area contributed by atoms with Crippen molar-refractivity contribution in [3.63, 3.8) is 0 Å². The number of amides is 1. The highest BCUT2D eigenvalue weighted by molar-refractivity contribution is 5.91. The van der Waals surface area contributed by atoms with E-state index in [1.165, 1.54) is 13.1 Å². The van der Waals surface area contributed by atoms with Crippen LogP contribution in [0.2, 0.25) is 0 Å². The highest BCUT2D eigenvalue weighted by Gasteiger charge is 2.14. The molecule has 16 heavy (non-hydrogen) atoms. The molecule has 5 nitrogen and oxygen atoms in total. The molecular weight excluding hydrogens is 210 g/mol.